The van der Waals surface area contributed by atoms with E-state index in [0.717, 1.165) is 36.1 Å². The van der Waals surface area contributed by atoms with Crippen molar-refractivity contribution in [3.8, 4) is 11.5 Å². The van der Waals surface area contributed by atoms with Crippen molar-refractivity contribution in [1.82, 2.24) is 15.5 Å². The number of benzene rings is 3. The van der Waals surface area contributed by atoms with Crippen molar-refractivity contribution < 1.29 is 19.1 Å². The summed E-state index contributed by atoms with van der Waals surface area (Å²) in [6.45, 7) is 6.13. The number of rotatable bonds is 11. The van der Waals surface area contributed by atoms with Gasteiger partial charge in [-0.2, -0.15) is 0 Å². The Morgan fingerprint density at radius 1 is 0.953 bits per heavy atom. The van der Waals surface area contributed by atoms with Crippen LogP contribution < -0.4 is 20.1 Å². The van der Waals surface area contributed by atoms with Gasteiger partial charge in [-0.15, -0.1) is 0 Å². The number of halogens is 3. The summed E-state index contributed by atoms with van der Waals surface area (Å²) in [4.78, 5) is 29.1. The lowest BCUT2D eigenvalue weighted by Gasteiger charge is -2.36. The highest BCUT2D eigenvalue weighted by Crippen LogP contribution is 2.34. The number of nitrogens with one attached hydrogen (secondary N) is 2. The molecule has 0 spiro atoms. The number of ether oxygens (including phenoxy) is 2. The van der Waals surface area contributed by atoms with Gasteiger partial charge >= 0.3 is 0 Å². The van der Waals surface area contributed by atoms with Crippen LogP contribution in [0.15, 0.2) is 54.6 Å². The molecule has 2 fully saturated rings. The number of hydrogen-bond acceptors (Lipinski definition) is 5. The molecule has 228 valence electrons. The minimum absolute atomic E-state index is 0.0525. The quantitative estimate of drug-likeness (QED) is 0.230. The van der Waals surface area contributed by atoms with Crippen molar-refractivity contribution in [1.29, 1.82) is 0 Å². The van der Waals surface area contributed by atoms with Gasteiger partial charge < -0.3 is 25.0 Å². The lowest BCUT2D eigenvalue weighted by Crippen LogP contribution is -2.55. The second-order valence-corrected chi connectivity index (χ2v) is 12.4. The van der Waals surface area contributed by atoms with E-state index in [0.29, 0.717) is 51.6 Å². The summed E-state index contributed by atoms with van der Waals surface area (Å²) in [5.74, 6) is 0.504. The molecule has 0 aromatic heterocycles. The van der Waals surface area contributed by atoms with Gasteiger partial charge in [0.05, 0.1) is 16.0 Å². The highest BCUT2D eigenvalue weighted by molar-refractivity contribution is 6.37. The minimum Gasteiger partial charge on any atom is -0.490 e. The maximum absolute atomic E-state index is 13.9. The topological polar surface area (TPSA) is 79.9 Å². The number of hydrogen-bond donors (Lipinski definition) is 2. The predicted molar refractivity (Wildman–Crippen MR) is 171 cm³/mol. The van der Waals surface area contributed by atoms with Gasteiger partial charge in [-0.05, 0) is 92.7 Å². The first-order chi connectivity index (χ1) is 20.7. The third-order valence-corrected chi connectivity index (χ3v) is 8.96. The van der Waals surface area contributed by atoms with Gasteiger partial charge in [-0.3, -0.25) is 9.59 Å². The molecule has 3 aromatic carbocycles. The summed E-state index contributed by atoms with van der Waals surface area (Å²) in [7, 11) is 0. The Morgan fingerprint density at radius 2 is 1.65 bits per heavy atom. The minimum atomic E-state index is -0.361. The number of piperidine rings is 1. The normalized spacial score (nSPS) is 18.2. The summed E-state index contributed by atoms with van der Waals surface area (Å²) < 4.78 is 11.5. The maximum atomic E-state index is 13.9. The number of carbonyl (C=O) groups is 2. The monoisotopic (exact) mass is 643 g/mol. The van der Waals surface area contributed by atoms with E-state index < -0.39 is 0 Å². The predicted octanol–water partition coefficient (Wildman–Crippen LogP) is 6.62. The van der Waals surface area contributed by atoms with E-state index in [1.54, 1.807) is 36.4 Å². The number of nitrogens with zero attached hydrogens (tertiary/aromatic N) is 1. The molecule has 2 N–H and O–H groups in total. The van der Waals surface area contributed by atoms with Crippen molar-refractivity contribution in [2.75, 3.05) is 26.3 Å². The average Bonchev–Trinajstić information content (AvgIpc) is 3.83. The largest absolute Gasteiger partial charge is 0.490 e. The number of aryl methyl sites for hydroxylation is 2. The zero-order chi connectivity index (χ0) is 30.5. The maximum Gasteiger partial charge on any atom is 0.251 e. The first-order valence-corrected chi connectivity index (χ1v) is 15.7. The summed E-state index contributed by atoms with van der Waals surface area (Å²) in [6, 6.07) is 16.4. The molecule has 1 saturated carbocycles. The van der Waals surface area contributed by atoms with Gasteiger partial charge in [-0.25, -0.2) is 0 Å². The van der Waals surface area contributed by atoms with Crippen LogP contribution in [-0.4, -0.2) is 55.1 Å². The molecule has 5 rings (SSSR count). The zero-order valence-corrected chi connectivity index (χ0v) is 26.6. The molecule has 1 heterocycles. The molecule has 1 aliphatic heterocycles. The molecule has 1 aliphatic carbocycles. The summed E-state index contributed by atoms with van der Waals surface area (Å²) in [6.07, 6.45) is 2.64. The molecule has 2 amide bonds. The first-order valence-electron chi connectivity index (χ1n) is 14.6. The van der Waals surface area contributed by atoms with E-state index in [1.165, 1.54) is 0 Å². The Bertz CT molecular complexity index is 1440. The summed E-state index contributed by atoms with van der Waals surface area (Å²) >= 11 is 19.0. The first kappa shape index (κ1) is 31.5. The van der Waals surface area contributed by atoms with E-state index >= 15 is 0 Å². The third-order valence-electron chi connectivity index (χ3n) is 7.86. The second kappa shape index (κ2) is 14.2. The van der Waals surface area contributed by atoms with Crippen LogP contribution in [0.3, 0.4) is 0 Å². The van der Waals surface area contributed by atoms with Crippen LogP contribution in [0.4, 0.5) is 0 Å². The standard InChI is InChI=1S/C33H36Cl3N3O4/c1-20-16-27(34)31(28(35)17-20)43-15-14-42-25-10-6-22(7-11-25)32(40)38-29-12-13-37-18-26(29)33(41)39(24-8-9-24)19-23-5-3-4-21(2)30(23)36/h3-7,10-11,16-17,24,26,29,37H,8-9,12-15,18-19H2,1-2H3,(H,38,40). The SMILES string of the molecule is Cc1cc(Cl)c(OCCOc2ccc(C(=O)NC3CCNCC3C(=O)N(Cc3cccc(C)c3Cl)C3CC3)cc2)c(Cl)c1. The molecule has 1 saturated heterocycles. The highest BCUT2D eigenvalue weighted by atomic mass is 35.5. The Morgan fingerprint density at radius 3 is 2.35 bits per heavy atom. The fraction of sp³-hybridized carbons (Fsp3) is 0.394. The molecule has 2 aliphatic rings. The molecule has 0 bridgehead atoms. The molecule has 0 radical (unpaired) electrons. The van der Waals surface area contributed by atoms with Gasteiger partial charge in [0, 0.05) is 35.8 Å². The van der Waals surface area contributed by atoms with Gasteiger partial charge in [0.1, 0.15) is 19.0 Å². The van der Waals surface area contributed by atoms with E-state index in [9.17, 15) is 9.59 Å². The van der Waals surface area contributed by atoms with E-state index in [2.05, 4.69) is 10.6 Å². The van der Waals surface area contributed by atoms with Crippen molar-refractivity contribution in [2.45, 2.75) is 51.7 Å². The van der Waals surface area contributed by atoms with Gasteiger partial charge in [0.25, 0.3) is 5.91 Å². The van der Waals surface area contributed by atoms with Gasteiger partial charge in [-0.1, -0.05) is 53.0 Å². The van der Waals surface area contributed by atoms with E-state index in [-0.39, 0.29) is 43.0 Å². The second-order valence-electron chi connectivity index (χ2n) is 11.2. The molecule has 7 nitrogen and oxygen atoms in total. The molecule has 2 atom stereocenters. The zero-order valence-electron chi connectivity index (χ0n) is 24.3. The van der Waals surface area contributed by atoms with Crippen LogP contribution in [-0.2, 0) is 11.3 Å². The van der Waals surface area contributed by atoms with Crippen LogP contribution in [0.2, 0.25) is 15.1 Å². The van der Waals surface area contributed by atoms with Gasteiger partial charge in [0.2, 0.25) is 5.91 Å². The fourth-order valence-corrected chi connectivity index (χ4v) is 6.26. The summed E-state index contributed by atoms with van der Waals surface area (Å²) in [5, 5.41) is 8.08. The number of amides is 2. The van der Waals surface area contributed by atoms with E-state index in [4.69, 9.17) is 44.3 Å². The molecule has 10 heteroatoms. The Labute approximate surface area is 267 Å². The smallest absolute Gasteiger partial charge is 0.251 e. The Kier molecular flexibility index (Phi) is 10.4. The van der Waals surface area contributed by atoms with Gasteiger partial charge in [0.15, 0.2) is 5.75 Å². The van der Waals surface area contributed by atoms with Crippen molar-refractivity contribution in [3.63, 3.8) is 0 Å². The molecule has 43 heavy (non-hydrogen) atoms. The lowest BCUT2D eigenvalue weighted by molar-refractivity contribution is -0.138. The van der Waals surface area contributed by atoms with Crippen LogP contribution in [0.1, 0.15) is 46.3 Å². The van der Waals surface area contributed by atoms with Crippen LogP contribution >= 0.6 is 34.8 Å². The molecular weight excluding hydrogens is 609 g/mol. The van der Waals surface area contributed by atoms with Crippen LogP contribution in [0.25, 0.3) is 0 Å². The van der Waals surface area contributed by atoms with Crippen LogP contribution in [0, 0.1) is 19.8 Å². The summed E-state index contributed by atoms with van der Waals surface area (Å²) in [5.41, 5.74) is 3.39. The van der Waals surface area contributed by atoms with Crippen LogP contribution in [0.5, 0.6) is 11.5 Å². The lowest BCUT2D eigenvalue weighted by atomic mass is 9.91. The van der Waals surface area contributed by atoms with Crippen molar-refractivity contribution in [3.05, 3.63) is 91.9 Å². The number of carbonyl (C=O) groups excluding carboxylic acids is 2. The Balaban J connectivity index is 1.16. The van der Waals surface area contributed by atoms with E-state index in [1.807, 2.05) is 36.9 Å². The third kappa shape index (κ3) is 7.95. The highest BCUT2D eigenvalue weighted by Gasteiger charge is 2.40. The molecule has 3 aromatic rings. The Hall–Kier alpha value is -2.97. The fourth-order valence-electron chi connectivity index (χ4n) is 5.37. The molecule has 2 unspecified atom stereocenters. The van der Waals surface area contributed by atoms with Crippen molar-refractivity contribution >= 4 is 46.6 Å². The van der Waals surface area contributed by atoms with Crippen molar-refractivity contribution in [2.24, 2.45) is 5.92 Å². The molecular formula is C33H36Cl3N3O4. The average molecular weight is 645 g/mol.